The largest absolute Gasteiger partial charge is 0.508 e. The quantitative estimate of drug-likeness (QED) is 0.0779. The van der Waals surface area contributed by atoms with Gasteiger partial charge in [0.25, 0.3) is 0 Å². The Morgan fingerprint density at radius 1 is 0.878 bits per heavy atom. The van der Waals surface area contributed by atoms with Gasteiger partial charge in [0.1, 0.15) is 48.0 Å². The molecule has 5 aliphatic rings. The monoisotopic (exact) mass is 696 g/mol. The van der Waals surface area contributed by atoms with Crippen LogP contribution in [0.1, 0.15) is 19.4 Å². The SMILES string of the molecule is CC(=O)OC1C(O)C(OC2C3C=COC(OC4OC(CO)C(O)C(O)C4O)C3C3(CO)OC23)OC(C)C1OC(=O)C=Cc1ccc(O)cc1. The molecule has 0 spiro atoms. The Hall–Kier alpha value is -3.20. The number of hydrogen-bond acceptors (Lipinski definition) is 17. The molecule has 4 fully saturated rings. The molecule has 4 heterocycles. The molecule has 17 nitrogen and oxygen atoms in total. The van der Waals surface area contributed by atoms with E-state index in [2.05, 4.69) is 0 Å². The first kappa shape index (κ1) is 35.6. The Kier molecular flexibility index (Phi) is 10.3. The molecule has 17 heteroatoms. The van der Waals surface area contributed by atoms with Crippen molar-refractivity contribution >= 4 is 18.0 Å². The summed E-state index contributed by atoms with van der Waals surface area (Å²) in [6.45, 7) is 1.50. The van der Waals surface area contributed by atoms with Gasteiger partial charge < -0.3 is 73.6 Å². The van der Waals surface area contributed by atoms with E-state index in [1.807, 2.05) is 0 Å². The number of rotatable bonds is 10. The van der Waals surface area contributed by atoms with Crippen LogP contribution < -0.4 is 0 Å². The van der Waals surface area contributed by atoms with Crippen LogP contribution in [0.5, 0.6) is 5.75 Å². The van der Waals surface area contributed by atoms with Crippen molar-refractivity contribution in [3.63, 3.8) is 0 Å². The second-order valence-corrected chi connectivity index (χ2v) is 12.6. The highest BCUT2D eigenvalue weighted by atomic mass is 16.8. The van der Waals surface area contributed by atoms with E-state index in [-0.39, 0.29) is 5.75 Å². The van der Waals surface area contributed by atoms with E-state index in [4.69, 9.17) is 37.9 Å². The van der Waals surface area contributed by atoms with Crippen molar-refractivity contribution in [2.45, 2.75) is 99.4 Å². The number of hydrogen-bond donors (Lipinski definition) is 7. The first-order valence-electron chi connectivity index (χ1n) is 15.8. The smallest absolute Gasteiger partial charge is 0.331 e. The van der Waals surface area contributed by atoms with E-state index in [0.29, 0.717) is 5.56 Å². The zero-order valence-electron chi connectivity index (χ0n) is 26.4. The lowest BCUT2D eigenvalue weighted by molar-refractivity contribution is -0.347. The van der Waals surface area contributed by atoms with Crippen LogP contribution in [0.25, 0.3) is 6.08 Å². The third-order valence-electron chi connectivity index (χ3n) is 9.50. The highest BCUT2D eigenvalue weighted by Crippen LogP contribution is 2.61. The van der Waals surface area contributed by atoms with Gasteiger partial charge in [-0.3, -0.25) is 4.79 Å². The lowest BCUT2D eigenvalue weighted by Crippen LogP contribution is -2.61. The number of fused-ring (bicyclic) bond motifs is 3. The normalized spacial score (nSPS) is 44.1. The van der Waals surface area contributed by atoms with Crippen LogP contribution in [-0.2, 0) is 47.5 Å². The zero-order valence-corrected chi connectivity index (χ0v) is 26.4. The predicted octanol–water partition coefficient (Wildman–Crippen LogP) is -2.20. The molecule has 270 valence electrons. The molecular formula is C32H40O17. The van der Waals surface area contributed by atoms with E-state index in [0.717, 1.165) is 13.0 Å². The lowest BCUT2D eigenvalue weighted by atomic mass is 9.85. The van der Waals surface area contributed by atoms with Crippen molar-refractivity contribution in [2.75, 3.05) is 13.2 Å². The average Bonchev–Trinajstić information content (AvgIpc) is 3.75. The minimum absolute atomic E-state index is 0.0559. The first-order valence-corrected chi connectivity index (χ1v) is 15.8. The Morgan fingerprint density at radius 2 is 1.59 bits per heavy atom. The second-order valence-electron chi connectivity index (χ2n) is 12.6. The van der Waals surface area contributed by atoms with Crippen molar-refractivity contribution < 1.29 is 83.2 Å². The Bertz CT molecular complexity index is 1400. The van der Waals surface area contributed by atoms with Crippen LogP contribution in [0.3, 0.4) is 0 Å². The number of carbonyl (C=O) groups excluding carboxylic acids is 2. The second kappa shape index (κ2) is 14.2. The van der Waals surface area contributed by atoms with Crippen LogP contribution in [0.15, 0.2) is 42.7 Å². The number of phenolic OH excluding ortho intramolecular Hbond substituents is 1. The fraction of sp³-hybridized carbons (Fsp3) is 0.625. The summed E-state index contributed by atoms with van der Waals surface area (Å²) in [5.41, 5.74) is -0.645. The van der Waals surface area contributed by atoms with Crippen LogP contribution in [-0.4, -0.2) is 146 Å². The molecule has 1 aliphatic carbocycles. The highest BCUT2D eigenvalue weighted by Gasteiger charge is 2.77. The van der Waals surface area contributed by atoms with Gasteiger partial charge in [-0.15, -0.1) is 0 Å². The van der Waals surface area contributed by atoms with E-state index in [1.54, 1.807) is 25.1 Å². The molecule has 0 bridgehead atoms. The van der Waals surface area contributed by atoms with E-state index >= 15 is 0 Å². The molecule has 0 radical (unpaired) electrons. The number of ether oxygens (including phenoxy) is 8. The van der Waals surface area contributed by atoms with E-state index in [9.17, 15) is 45.3 Å². The summed E-state index contributed by atoms with van der Waals surface area (Å²) >= 11 is 0. The lowest BCUT2D eigenvalue weighted by Gasteiger charge is -2.44. The standard InChI is InChI=1S/C32H40O17/c1-13-25(46-19(37)8-5-15-3-6-16(36)7-4-15)27(44-14(2)35)24(41)31(43-13)47-26-17-9-10-42-29(20(17)32(12-34)28(26)49-32)48-30-23(40)22(39)21(38)18(11-33)45-30/h3-10,13,17-18,20-31,33-34,36,38-41H,11-12H2,1-2H3. The van der Waals surface area contributed by atoms with Crippen molar-refractivity contribution in [3.8, 4) is 5.75 Å². The van der Waals surface area contributed by atoms with Gasteiger partial charge in [0.2, 0.25) is 6.29 Å². The summed E-state index contributed by atoms with van der Waals surface area (Å²) in [5, 5.41) is 71.7. The van der Waals surface area contributed by atoms with Crippen LogP contribution in [0, 0.1) is 11.8 Å². The van der Waals surface area contributed by atoms with Crippen molar-refractivity contribution in [1.29, 1.82) is 0 Å². The molecule has 7 N–H and O–H groups in total. The zero-order chi connectivity index (χ0) is 35.2. The molecule has 0 aromatic heterocycles. The van der Waals surface area contributed by atoms with Gasteiger partial charge >= 0.3 is 11.9 Å². The van der Waals surface area contributed by atoms with E-state index < -0.39 is 122 Å². The third-order valence-corrected chi connectivity index (χ3v) is 9.50. The van der Waals surface area contributed by atoms with Crippen molar-refractivity contribution in [3.05, 3.63) is 48.2 Å². The number of benzene rings is 1. The number of esters is 2. The maximum absolute atomic E-state index is 12.7. The summed E-state index contributed by atoms with van der Waals surface area (Å²) in [6, 6.07) is 6.06. The molecular weight excluding hydrogens is 656 g/mol. The minimum atomic E-state index is -1.71. The predicted molar refractivity (Wildman–Crippen MR) is 158 cm³/mol. The van der Waals surface area contributed by atoms with Crippen LogP contribution in [0.2, 0.25) is 0 Å². The average molecular weight is 697 g/mol. The van der Waals surface area contributed by atoms with E-state index in [1.165, 1.54) is 24.5 Å². The summed E-state index contributed by atoms with van der Waals surface area (Å²) in [6.07, 6.45) is -11.8. The maximum Gasteiger partial charge on any atom is 0.331 e. The third kappa shape index (κ3) is 6.81. The van der Waals surface area contributed by atoms with Gasteiger partial charge in [0.15, 0.2) is 24.8 Å². The van der Waals surface area contributed by atoms with Crippen LogP contribution in [0.4, 0.5) is 0 Å². The number of carbonyl (C=O) groups is 2. The number of phenols is 1. The molecule has 1 aromatic carbocycles. The molecule has 3 saturated heterocycles. The van der Waals surface area contributed by atoms with Gasteiger partial charge in [-0.2, -0.15) is 0 Å². The number of aromatic hydroxyl groups is 1. The summed E-state index contributed by atoms with van der Waals surface area (Å²) in [5.74, 6) is -2.88. The first-order chi connectivity index (χ1) is 23.4. The Balaban J connectivity index is 1.16. The Morgan fingerprint density at radius 3 is 2.27 bits per heavy atom. The maximum atomic E-state index is 12.7. The molecule has 49 heavy (non-hydrogen) atoms. The minimum Gasteiger partial charge on any atom is -0.508 e. The molecule has 4 aliphatic heterocycles. The highest BCUT2D eigenvalue weighted by molar-refractivity contribution is 5.87. The number of epoxide rings is 1. The summed E-state index contributed by atoms with van der Waals surface area (Å²) in [4.78, 5) is 24.8. The summed E-state index contributed by atoms with van der Waals surface area (Å²) < 4.78 is 46.2. The topological polar surface area (TPSA) is 253 Å². The van der Waals surface area contributed by atoms with Gasteiger partial charge in [-0.1, -0.05) is 12.1 Å². The number of aliphatic hydroxyl groups is 6. The van der Waals surface area contributed by atoms with Gasteiger partial charge in [-0.05, 0) is 36.8 Å². The van der Waals surface area contributed by atoms with Gasteiger partial charge in [0, 0.05) is 18.9 Å². The van der Waals surface area contributed by atoms with Crippen molar-refractivity contribution in [2.24, 2.45) is 11.8 Å². The molecule has 16 atom stereocenters. The molecule has 1 aromatic rings. The molecule has 1 saturated carbocycles. The molecule has 16 unspecified atom stereocenters. The molecule has 0 amide bonds. The Labute approximate surface area is 279 Å². The van der Waals surface area contributed by atoms with Crippen molar-refractivity contribution in [1.82, 2.24) is 0 Å². The number of aliphatic hydroxyl groups excluding tert-OH is 6. The fourth-order valence-electron chi connectivity index (χ4n) is 6.98. The fourth-order valence-corrected chi connectivity index (χ4v) is 6.98. The van der Waals surface area contributed by atoms with Crippen LogP contribution >= 0.6 is 0 Å². The molecule has 6 rings (SSSR count). The summed E-state index contributed by atoms with van der Waals surface area (Å²) in [7, 11) is 0. The van der Waals surface area contributed by atoms with Gasteiger partial charge in [-0.25, -0.2) is 4.79 Å². The van der Waals surface area contributed by atoms with Gasteiger partial charge in [0.05, 0.1) is 37.6 Å².